The standard InChI is InChI=1S/C11H19ClO3/c1-4-15-11(14)6-5-9(8(2)3)10(13)7-12/h5-6,8-10,13H,4,7H2,1-3H3/b6-5+/t9-,10-/m0/s1. The van der Waals surface area contributed by atoms with E-state index >= 15 is 0 Å². The molecule has 0 aromatic rings. The van der Waals surface area contributed by atoms with Crippen molar-refractivity contribution in [3.8, 4) is 0 Å². The summed E-state index contributed by atoms with van der Waals surface area (Å²) in [5.41, 5.74) is 0. The van der Waals surface area contributed by atoms with Crippen LogP contribution in [0.5, 0.6) is 0 Å². The quantitative estimate of drug-likeness (QED) is 0.434. The van der Waals surface area contributed by atoms with Crippen LogP contribution in [0.1, 0.15) is 20.8 Å². The van der Waals surface area contributed by atoms with Crippen molar-refractivity contribution in [1.29, 1.82) is 0 Å². The monoisotopic (exact) mass is 234 g/mol. The molecule has 1 N–H and O–H groups in total. The number of hydrogen-bond acceptors (Lipinski definition) is 3. The Balaban J connectivity index is 4.34. The molecule has 0 saturated carbocycles. The Morgan fingerprint density at radius 3 is 2.53 bits per heavy atom. The Morgan fingerprint density at radius 2 is 2.13 bits per heavy atom. The van der Waals surface area contributed by atoms with E-state index < -0.39 is 6.10 Å². The fourth-order valence-electron chi connectivity index (χ4n) is 1.28. The molecule has 0 unspecified atom stereocenters. The Bertz CT molecular complexity index is 214. The number of hydrogen-bond donors (Lipinski definition) is 1. The molecule has 0 fully saturated rings. The first-order valence-corrected chi connectivity index (χ1v) is 5.65. The average Bonchev–Trinajstić information content (AvgIpc) is 2.17. The first kappa shape index (κ1) is 14.5. The van der Waals surface area contributed by atoms with Gasteiger partial charge in [0.05, 0.1) is 12.7 Å². The second-order valence-electron chi connectivity index (χ2n) is 3.65. The minimum Gasteiger partial charge on any atom is -0.463 e. The molecule has 0 aromatic carbocycles. The van der Waals surface area contributed by atoms with Crippen molar-refractivity contribution in [2.75, 3.05) is 12.5 Å². The topological polar surface area (TPSA) is 46.5 Å². The number of ether oxygens (including phenoxy) is 1. The first-order chi connectivity index (χ1) is 7.02. The van der Waals surface area contributed by atoms with Gasteiger partial charge in [-0.15, -0.1) is 11.6 Å². The highest BCUT2D eigenvalue weighted by Crippen LogP contribution is 2.18. The van der Waals surface area contributed by atoms with Gasteiger partial charge >= 0.3 is 5.97 Å². The summed E-state index contributed by atoms with van der Waals surface area (Å²) in [5, 5.41) is 9.60. The van der Waals surface area contributed by atoms with Crippen LogP contribution in [0, 0.1) is 11.8 Å². The molecule has 0 aliphatic carbocycles. The molecule has 15 heavy (non-hydrogen) atoms. The van der Waals surface area contributed by atoms with Crippen LogP contribution >= 0.6 is 11.6 Å². The minimum absolute atomic E-state index is 0.119. The van der Waals surface area contributed by atoms with Gasteiger partial charge in [-0.3, -0.25) is 0 Å². The summed E-state index contributed by atoms with van der Waals surface area (Å²) in [6.07, 6.45) is 2.39. The average molecular weight is 235 g/mol. The number of alkyl halides is 1. The third-order valence-corrected chi connectivity index (χ3v) is 2.43. The van der Waals surface area contributed by atoms with Crippen molar-refractivity contribution in [2.45, 2.75) is 26.9 Å². The molecule has 0 amide bonds. The van der Waals surface area contributed by atoms with Crippen molar-refractivity contribution in [3.63, 3.8) is 0 Å². The van der Waals surface area contributed by atoms with E-state index in [1.807, 2.05) is 13.8 Å². The molecule has 0 aliphatic rings. The van der Waals surface area contributed by atoms with Crippen molar-refractivity contribution < 1.29 is 14.6 Å². The molecular weight excluding hydrogens is 216 g/mol. The molecule has 4 heteroatoms. The first-order valence-electron chi connectivity index (χ1n) is 5.11. The van der Waals surface area contributed by atoms with Crippen LogP contribution in [0.15, 0.2) is 12.2 Å². The maximum atomic E-state index is 11.1. The van der Waals surface area contributed by atoms with Crippen LogP contribution in [0.2, 0.25) is 0 Å². The van der Waals surface area contributed by atoms with Gasteiger partial charge in [0, 0.05) is 17.9 Å². The number of esters is 1. The highest BCUT2D eigenvalue weighted by Gasteiger charge is 2.19. The Labute approximate surface area is 96.1 Å². The summed E-state index contributed by atoms with van der Waals surface area (Å²) in [7, 11) is 0. The van der Waals surface area contributed by atoms with E-state index in [0.29, 0.717) is 6.61 Å². The molecule has 3 nitrogen and oxygen atoms in total. The fraction of sp³-hybridized carbons (Fsp3) is 0.727. The van der Waals surface area contributed by atoms with Gasteiger partial charge in [0.1, 0.15) is 0 Å². The van der Waals surface area contributed by atoms with Gasteiger partial charge in [-0.1, -0.05) is 19.9 Å². The van der Waals surface area contributed by atoms with Gasteiger partial charge in [0.25, 0.3) is 0 Å². The Hall–Kier alpha value is -0.540. The van der Waals surface area contributed by atoms with Crippen LogP contribution in [-0.4, -0.2) is 29.7 Å². The van der Waals surface area contributed by atoms with Crippen molar-refractivity contribution in [1.82, 2.24) is 0 Å². The van der Waals surface area contributed by atoms with E-state index in [0.717, 1.165) is 0 Å². The fourth-order valence-corrected chi connectivity index (χ4v) is 1.48. The third-order valence-electron chi connectivity index (χ3n) is 2.11. The molecule has 0 radical (unpaired) electrons. The van der Waals surface area contributed by atoms with E-state index in [2.05, 4.69) is 0 Å². The number of halogens is 1. The number of aliphatic hydroxyl groups is 1. The van der Waals surface area contributed by atoms with Crippen LogP contribution < -0.4 is 0 Å². The number of aliphatic hydroxyl groups excluding tert-OH is 1. The smallest absolute Gasteiger partial charge is 0.330 e. The number of rotatable bonds is 6. The highest BCUT2D eigenvalue weighted by molar-refractivity contribution is 6.18. The van der Waals surface area contributed by atoms with E-state index in [-0.39, 0.29) is 23.7 Å². The summed E-state index contributed by atoms with van der Waals surface area (Å²) in [6, 6.07) is 0. The predicted molar refractivity (Wildman–Crippen MR) is 60.8 cm³/mol. The van der Waals surface area contributed by atoms with Crippen LogP contribution in [-0.2, 0) is 9.53 Å². The number of carbonyl (C=O) groups excluding carboxylic acids is 1. The van der Waals surface area contributed by atoms with E-state index in [4.69, 9.17) is 16.3 Å². The van der Waals surface area contributed by atoms with Crippen LogP contribution in [0.3, 0.4) is 0 Å². The van der Waals surface area contributed by atoms with Gasteiger partial charge in [0.15, 0.2) is 0 Å². The van der Waals surface area contributed by atoms with Gasteiger partial charge in [-0.2, -0.15) is 0 Å². The molecule has 2 atom stereocenters. The molecule has 0 aromatic heterocycles. The van der Waals surface area contributed by atoms with E-state index in [1.54, 1.807) is 13.0 Å². The maximum Gasteiger partial charge on any atom is 0.330 e. The Kier molecular flexibility index (Phi) is 7.44. The second-order valence-corrected chi connectivity index (χ2v) is 3.96. The van der Waals surface area contributed by atoms with E-state index in [1.165, 1.54) is 6.08 Å². The molecule has 88 valence electrons. The summed E-state index contributed by atoms with van der Waals surface area (Å²) >= 11 is 5.57. The zero-order valence-corrected chi connectivity index (χ0v) is 10.2. The Morgan fingerprint density at radius 1 is 1.53 bits per heavy atom. The van der Waals surface area contributed by atoms with Crippen molar-refractivity contribution in [3.05, 3.63) is 12.2 Å². The van der Waals surface area contributed by atoms with Gasteiger partial charge in [-0.05, 0) is 12.8 Å². The lowest BCUT2D eigenvalue weighted by Crippen LogP contribution is -2.25. The molecule has 0 rings (SSSR count). The van der Waals surface area contributed by atoms with Crippen molar-refractivity contribution >= 4 is 17.6 Å². The lowest BCUT2D eigenvalue weighted by molar-refractivity contribution is -0.137. The molecule has 0 spiro atoms. The summed E-state index contributed by atoms with van der Waals surface area (Å²) in [5.74, 6) is -0.114. The molecule has 0 aliphatic heterocycles. The zero-order valence-electron chi connectivity index (χ0n) is 9.44. The SMILES string of the molecule is CCOC(=O)/C=C/[C@@H](C(C)C)[C@@H](O)CCl. The molecular formula is C11H19ClO3. The lowest BCUT2D eigenvalue weighted by Gasteiger charge is -2.21. The molecule has 0 bridgehead atoms. The highest BCUT2D eigenvalue weighted by atomic mass is 35.5. The second kappa shape index (κ2) is 7.71. The maximum absolute atomic E-state index is 11.1. The summed E-state index contributed by atoms with van der Waals surface area (Å²) in [4.78, 5) is 11.1. The predicted octanol–water partition coefficient (Wildman–Crippen LogP) is 1.98. The lowest BCUT2D eigenvalue weighted by atomic mass is 9.90. The largest absolute Gasteiger partial charge is 0.463 e. The van der Waals surface area contributed by atoms with Crippen molar-refractivity contribution in [2.24, 2.45) is 11.8 Å². The summed E-state index contributed by atoms with van der Waals surface area (Å²) in [6.45, 7) is 6.04. The molecule has 0 saturated heterocycles. The van der Waals surface area contributed by atoms with Gasteiger partial charge in [-0.25, -0.2) is 4.79 Å². The zero-order chi connectivity index (χ0) is 11.8. The van der Waals surface area contributed by atoms with Gasteiger partial charge in [0.2, 0.25) is 0 Å². The third kappa shape index (κ3) is 5.80. The summed E-state index contributed by atoms with van der Waals surface area (Å²) < 4.78 is 4.75. The van der Waals surface area contributed by atoms with E-state index in [9.17, 15) is 9.90 Å². The minimum atomic E-state index is -0.627. The molecule has 0 heterocycles. The van der Waals surface area contributed by atoms with Crippen LogP contribution in [0.25, 0.3) is 0 Å². The van der Waals surface area contributed by atoms with Crippen LogP contribution in [0.4, 0.5) is 0 Å². The van der Waals surface area contributed by atoms with Gasteiger partial charge < -0.3 is 9.84 Å². The number of carbonyl (C=O) groups is 1. The normalized spacial score (nSPS) is 15.6.